The number of nitrogens with one attached hydrogen (secondary N) is 1. The van der Waals surface area contributed by atoms with Gasteiger partial charge in [0.15, 0.2) is 5.75 Å². The van der Waals surface area contributed by atoms with Crippen LogP contribution in [0.1, 0.15) is 33.1 Å². The van der Waals surface area contributed by atoms with Crippen molar-refractivity contribution in [2.45, 2.75) is 38.6 Å². The molecule has 0 aliphatic carbocycles. The van der Waals surface area contributed by atoms with E-state index in [0.717, 1.165) is 12.8 Å². The number of nitrogens with zero attached hydrogens (tertiary/aromatic N) is 1. The molecule has 23 heavy (non-hydrogen) atoms. The Balaban J connectivity index is 0.00000484. The van der Waals surface area contributed by atoms with Gasteiger partial charge in [-0.15, -0.1) is 12.4 Å². The molecule has 1 aromatic rings. The number of hydrogen-bond donors (Lipinski definition) is 2. The van der Waals surface area contributed by atoms with E-state index in [2.05, 4.69) is 5.32 Å². The van der Waals surface area contributed by atoms with Crippen LogP contribution in [0.25, 0.3) is 0 Å². The number of amides is 1. The van der Waals surface area contributed by atoms with Crippen molar-refractivity contribution in [2.75, 3.05) is 13.2 Å². The van der Waals surface area contributed by atoms with Gasteiger partial charge in [0.25, 0.3) is 0 Å². The number of benzene rings is 1. The molecule has 0 aliphatic rings. The number of halogens is 1. The molecule has 1 rings (SSSR count). The molecule has 7 nitrogen and oxygen atoms in total. The molecule has 8 heteroatoms. The highest BCUT2D eigenvalue weighted by atomic mass is 35.5. The molecule has 1 aromatic carbocycles. The van der Waals surface area contributed by atoms with Crippen LogP contribution in [0.2, 0.25) is 0 Å². The van der Waals surface area contributed by atoms with E-state index in [1.54, 1.807) is 12.1 Å². The predicted octanol–water partition coefficient (Wildman–Crippen LogP) is 2.42. The third-order valence-electron chi connectivity index (χ3n) is 3.80. The lowest BCUT2D eigenvalue weighted by molar-refractivity contribution is -0.385. The average molecular weight is 346 g/mol. The molecule has 130 valence electrons. The maximum Gasteiger partial charge on any atom is 0.310 e. The van der Waals surface area contributed by atoms with Crippen molar-refractivity contribution in [1.29, 1.82) is 0 Å². The van der Waals surface area contributed by atoms with Crippen LogP contribution in [0.3, 0.4) is 0 Å². The van der Waals surface area contributed by atoms with E-state index in [1.165, 1.54) is 12.1 Å². The summed E-state index contributed by atoms with van der Waals surface area (Å²) in [7, 11) is 0. The van der Waals surface area contributed by atoms with Gasteiger partial charge in [-0.1, -0.05) is 26.0 Å². The Bertz CT molecular complexity index is 513. The topological polar surface area (TPSA) is 107 Å². The molecule has 0 saturated carbocycles. The number of nitro groups is 1. The molecule has 0 atom stereocenters. The fourth-order valence-corrected chi connectivity index (χ4v) is 2.11. The van der Waals surface area contributed by atoms with Crippen molar-refractivity contribution in [3.63, 3.8) is 0 Å². The molecule has 0 saturated heterocycles. The fourth-order valence-electron chi connectivity index (χ4n) is 2.11. The van der Waals surface area contributed by atoms with Crippen LogP contribution in [0.15, 0.2) is 24.3 Å². The highest BCUT2D eigenvalue weighted by Crippen LogP contribution is 2.25. The van der Waals surface area contributed by atoms with Gasteiger partial charge in [-0.25, -0.2) is 0 Å². The van der Waals surface area contributed by atoms with Crippen LogP contribution in [-0.2, 0) is 4.79 Å². The first-order chi connectivity index (χ1) is 10.5. The Morgan fingerprint density at radius 1 is 1.35 bits per heavy atom. The number of rotatable bonds is 9. The minimum Gasteiger partial charge on any atom is -0.486 e. The number of para-hydroxylation sites is 2. The summed E-state index contributed by atoms with van der Waals surface area (Å²) in [6.07, 6.45) is 1.61. The van der Waals surface area contributed by atoms with Crippen LogP contribution in [0, 0.1) is 10.1 Å². The smallest absolute Gasteiger partial charge is 0.310 e. The predicted molar refractivity (Wildman–Crippen MR) is 91.0 cm³/mol. The maximum atomic E-state index is 12.0. The third kappa shape index (κ3) is 6.03. The van der Waals surface area contributed by atoms with Crippen LogP contribution in [0.5, 0.6) is 5.75 Å². The summed E-state index contributed by atoms with van der Waals surface area (Å²) >= 11 is 0. The zero-order valence-electron chi connectivity index (χ0n) is 13.4. The molecule has 0 aromatic heterocycles. The molecular weight excluding hydrogens is 322 g/mol. The van der Waals surface area contributed by atoms with Gasteiger partial charge in [-0.05, 0) is 18.9 Å². The zero-order chi connectivity index (χ0) is 16.6. The molecule has 0 unspecified atom stereocenters. The van der Waals surface area contributed by atoms with Crippen LogP contribution in [-0.4, -0.2) is 29.5 Å². The molecule has 1 amide bonds. The van der Waals surface area contributed by atoms with E-state index in [4.69, 9.17) is 10.5 Å². The molecule has 0 heterocycles. The van der Waals surface area contributed by atoms with E-state index in [0.29, 0.717) is 6.54 Å². The number of nitrogens with two attached hydrogens (primary N) is 1. The lowest BCUT2D eigenvalue weighted by atomic mass is 9.93. The summed E-state index contributed by atoms with van der Waals surface area (Å²) in [5.41, 5.74) is 5.23. The van der Waals surface area contributed by atoms with Crippen LogP contribution >= 0.6 is 12.4 Å². The van der Waals surface area contributed by atoms with E-state index >= 15 is 0 Å². The van der Waals surface area contributed by atoms with Crippen molar-refractivity contribution < 1.29 is 14.5 Å². The van der Waals surface area contributed by atoms with E-state index in [9.17, 15) is 14.9 Å². The Morgan fingerprint density at radius 2 is 1.96 bits per heavy atom. The SMILES string of the molecule is CCC(CC)(CN)NC(=O)CCOc1ccccc1[N+](=O)[O-].Cl. The van der Waals surface area contributed by atoms with Crippen molar-refractivity contribution in [2.24, 2.45) is 5.73 Å². The highest BCUT2D eigenvalue weighted by molar-refractivity contribution is 5.85. The molecule has 0 radical (unpaired) electrons. The lowest BCUT2D eigenvalue weighted by Crippen LogP contribution is -2.53. The first-order valence-corrected chi connectivity index (χ1v) is 7.35. The van der Waals surface area contributed by atoms with Crippen LogP contribution in [0.4, 0.5) is 5.69 Å². The zero-order valence-corrected chi connectivity index (χ0v) is 14.2. The van der Waals surface area contributed by atoms with Crippen molar-refractivity contribution in [1.82, 2.24) is 5.32 Å². The second-order valence-corrected chi connectivity index (χ2v) is 5.06. The summed E-state index contributed by atoms with van der Waals surface area (Å²) in [5, 5.41) is 13.8. The molecule has 0 spiro atoms. The lowest BCUT2D eigenvalue weighted by Gasteiger charge is -2.31. The first-order valence-electron chi connectivity index (χ1n) is 7.35. The van der Waals surface area contributed by atoms with Gasteiger partial charge in [-0.3, -0.25) is 14.9 Å². The van der Waals surface area contributed by atoms with Gasteiger partial charge in [0.1, 0.15) is 0 Å². The Kier molecular flexibility index (Phi) is 9.21. The molecule has 0 fully saturated rings. The van der Waals surface area contributed by atoms with Crippen LogP contribution < -0.4 is 15.8 Å². The fraction of sp³-hybridized carbons (Fsp3) is 0.533. The average Bonchev–Trinajstić information content (AvgIpc) is 2.53. The van der Waals surface area contributed by atoms with Gasteiger partial charge in [0, 0.05) is 12.6 Å². The van der Waals surface area contributed by atoms with Crippen molar-refractivity contribution in [3.05, 3.63) is 34.4 Å². The second kappa shape index (κ2) is 10.0. The number of hydrogen-bond acceptors (Lipinski definition) is 5. The Labute approximate surface area is 142 Å². The van der Waals surface area contributed by atoms with E-state index < -0.39 is 10.5 Å². The minimum absolute atomic E-state index is 0. The standard InChI is InChI=1S/C15H23N3O4.ClH/c1-3-15(4-2,11-16)17-14(19)9-10-22-13-8-6-5-7-12(13)18(20)21;/h5-8H,3-4,9-11,16H2,1-2H3,(H,17,19);1H. The summed E-state index contributed by atoms with van der Waals surface area (Å²) in [4.78, 5) is 22.3. The minimum atomic E-state index is -0.511. The molecule has 3 N–H and O–H groups in total. The summed E-state index contributed by atoms with van der Waals surface area (Å²) < 4.78 is 5.35. The quantitative estimate of drug-likeness (QED) is 0.528. The number of ether oxygens (including phenoxy) is 1. The molecular formula is C15H24ClN3O4. The maximum absolute atomic E-state index is 12.0. The Morgan fingerprint density at radius 3 is 2.48 bits per heavy atom. The van der Waals surface area contributed by atoms with Gasteiger partial charge in [0.2, 0.25) is 5.91 Å². The van der Waals surface area contributed by atoms with Gasteiger partial charge < -0.3 is 15.8 Å². The molecule has 0 bridgehead atoms. The number of carbonyl (C=O) groups is 1. The van der Waals surface area contributed by atoms with Gasteiger partial charge >= 0.3 is 5.69 Å². The van der Waals surface area contributed by atoms with Crippen molar-refractivity contribution in [3.8, 4) is 5.75 Å². The summed E-state index contributed by atoms with van der Waals surface area (Å²) in [6.45, 7) is 4.39. The summed E-state index contributed by atoms with van der Waals surface area (Å²) in [6, 6.07) is 6.09. The van der Waals surface area contributed by atoms with E-state index in [1.807, 2.05) is 13.8 Å². The Hall–Kier alpha value is -1.86. The third-order valence-corrected chi connectivity index (χ3v) is 3.80. The largest absolute Gasteiger partial charge is 0.486 e. The molecule has 0 aliphatic heterocycles. The van der Waals surface area contributed by atoms with E-state index in [-0.39, 0.29) is 42.8 Å². The second-order valence-electron chi connectivity index (χ2n) is 5.06. The normalized spacial score (nSPS) is 10.6. The highest BCUT2D eigenvalue weighted by Gasteiger charge is 2.26. The van der Waals surface area contributed by atoms with Crippen molar-refractivity contribution >= 4 is 24.0 Å². The summed E-state index contributed by atoms with van der Waals surface area (Å²) in [5.74, 6) is -0.0101. The number of carbonyl (C=O) groups excluding carboxylic acids is 1. The van der Waals surface area contributed by atoms with Gasteiger partial charge in [-0.2, -0.15) is 0 Å². The van der Waals surface area contributed by atoms with Gasteiger partial charge in [0.05, 0.1) is 23.5 Å². The monoisotopic (exact) mass is 345 g/mol. The first kappa shape index (κ1) is 21.1. The number of nitro benzene ring substituents is 1.